The first-order valence-electron chi connectivity index (χ1n) is 7.10. The van der Waals surface area contributed by atoms with Crippen LogP contribution in [0.2, 0.25) is 0 Å². The molecule has 0 bridgehead atoms. The maximum absolute atomic E-state index is 12.0. The van der Waals surface area contributed by atoms with Gasteiger partial charge < -0.3 is 19.5 Å². The third-order valence-corrected chi connectivity index (χ3v) is 3.67. The molecule has 122 valence electrons. The van der Waals surface area contributed by atoms with Gasteiger partial charge in [-0.05, 0) is 12.5 Å². The van der Waals surface area contributed by atoms with E-state index in [2.05, 4.69) is 20.2 Å². The molecule has 1 atom stereocenters. The van der Waals surface area contributed by atoms with Gasteiger partial charge in [0.1, 0.15) is 5.69 Å². The maximum Gasteiger partial charge on any atom is 0.319 e. The van der Waals surface area contributed by atoms with Crippen molar-refractivity contribution in [3.05, 3.63) is 22.6 Å². The standard InChI is InChI=1S/C14H17N5O4/c1-22-13-9(6-15-14(16-13)23-2)10-5-11(12(21)18-17-10)19-4-3-8(20)7-19/h5-6,8,20H,3-4,7H2,1-2H3,(H,18,21). The van der Waals surface area contributed by atoms with E-state index < -0.39 is 6.10 Å². The zero-order valence-electron chi connectivity index (χ0n) is 12.8. The number of aliphatic hydroxyl groups is 1. The third kappa shape index (κ3) is 2.95. The number of aromatic amines is 1. The van der Waals surface area contributed by atoms with Crippen LogP contribution in [0.25, 0.3) is 11.3 Å². The van der Waals surface area contributed by atoms with Gasteiger partial charge in [0.05, 0.1) is 31.6 Å². The molecule has 3 rings (SSSR count). The van der Waals surface area contributed by atoms with Crippen LogP contribution in [-0.4, -0.2) is 58.7 Å². The zero-order valence-corrected chi connectivity index (χ0v) is 12.8. The Morgan fingerprint density at radius 2 is 2.22 bits per heavy atom. The number of nitrogens with zero attached hydrogens (tertiary/aromatic N) is 4. The van der Waals surface area contributed by atoms with Gasteiger partial charge in [-0.15, -0.1) is 0 Å². The van der Waals surface area contributed by atoms with Gasteiger partial charge >= 0.3 is 6.01 Å². The molecule has 2 aromatic heterocycles. The van der Waals surface area contributed by atoms with E-state index in [1.54, 1.807) is 6.07 Å². The van der Waals surface area contributed by atoms with E-state index in [9.17, 15) is 9.90 Å². The van der Waals surface area contributed by atoms with Gasteiger partial charge in [0.25, 0.3) is 5.56 Å². The molecule has 1 unspecified atom stereocenters. The molecule has 0 aliphatic carbocycles. The fourth-order valence-electron chi connectivity index (χ4n) is 2.51. The summed E-state index contributed by atoms with van der Waals surface area (Å²) in [4.78, 5) is 22.0. The van der Waals surface area contributed by atoms with Crippen LogP contribution in [0, 0.1) is 0 Å². The van der Waals surface area contributed by atoms with E-state index in [4.69, 9.17) is 9.47 Å². The Hall–Kier alpha value is -2.68. The van der Waals surface area contributed by atoms with Crippen LogP contribution >= 0.6 is 0 Å². The van der Waals surface area contributed by atoms with Crippen molar-refractivity contribution < 1.29 is 14.6 Å². The minimum absolute atomic E-state index is 0.179. The smallest absolute Gasteiger partial charge is 0.319 e. The molecule has 1 aliphatic heterocycles. The van der Waals surface area contributed by atoms with Crippen molar-refractivity contribution in [2.75, 3.05) is 32.2 Å². The van der Waals surface area contributed by atoms with Gasteiger partial charge in [0.2, 0.25) is 5.88 Å². The molecule has 23 heavy (non-hydrogen) atoms. The molecule has 0 amide bonds. The fraction of sp³-hybridized carbons (Fsp3) is 0.429. The Morgan fingerprint density at radius 1 is 1.39 bits per heavy atom. The predicted octanol–water partition coefficient (Wildman–Crippen LogP) is -0.185. The lowest BCUT2D eigenvalue weighted by Gasteiger charge is -2.17. The van der Waals surface area contributed by atoms with E-state index in [1.165, 1.54) is 20.4 Å². The first kappa shape index (κ1) is 15.2. The highest BCUT2D eigenvalue weighted by molar-refractivity contribution is 5.67. The highest BCUT2D eigenvalue weighted by Crippen LogP contribution is 2.28. The fourth-order valence-corrected chi connectivity index (χ4v) is 2.51. The van der Waals surface area contributed by atoms with Crippen LogP contribution in [0.5, 0.6) is 11.9 Å². The largest absolute Gasteiger partial charge is 0.480 e. The molecule has 9 heteroatoms. The van der Waals surface area contributed by atoms with E-state index in [0.717, 1.165) is 0 Å². The average molecular weight is 319 g/mol. The van der Waals surface area contributed by atoms with Crippen molar-refractivity contribution in [3.63, 3.8) is 0 Å². The Kier molecular flexibility index (Phi) is 4.11. The molecule has 2 N–H and O–H groups in total. The minimum atomic E-state index is -0.426. The Morgan fingerprint density at radius 3 is 2.87 bits per heavy atom. The summed E-state index contributed by atoms with van der Waals surface area (Å²) >= 11 is 0. The number of hydrogen-bond acceptors (Lipinski definition) is 8. The number of β-amino-alcohol motifs (C(OH)–C–C–N with tert-alkyl or cyclic N) is 1. The van der Waals surface area contributed by atoms with Gasteiger partial charge in [-0.25, -0.2) is 10.1 Å². The molecule has 0 saturated carbocycles. The normalized spacial score (nSPS) is 17.3. The number of methoxy groups -OCH3 is 2. The molecule has 1 saturated heterocycles. The van der Waals surface area contributed by atoms with Crippen LogP contribution < -0.4 is 19.9 Å². The van der Waals surface area contributed by atoms with Crippen molar-refractivity contribution in [3.8, 4) is 23.1 Å². The monoisotopic (exact) mass is 319 g/mol. The molecule has 0 aromatic carbocycles. The molecule has 1 fully saturated rings. The Bertz CT molecular complexity index is 763. The summed E-state index contributed by atoms with van der Waals surface area (Å²) in [6.45, 7) is 1.03. The number of hydrogen-bond donors (Lipinski definition) is 2. The van der Waals surface area contributed by atoms with Crippen molar-refractivity contribution in [1.29, 1.82) is 0 Å². The van der Waals surface area contributed by atoms with E-state index >= 15 is 0 Å². The second-order valence-corrected chi connectivity index (χ2v) is 5.14. The zero-order chi connectivity index (χ0) is 16.4. The predicted molar refractivity (Wildman–Crippen MR) is 81.8 cm³/mol. The topological polar surface area (TPSA) is 113 Å². The molecular weight excluding hydrogens is 302 g/mol. The van der Waals surface area contributed by atoms with Crippen LogP contribution in [0.3, 0.4) is 0 Å². The van der Waals surface area contributed by atoms with Gasteiger partial charge in [0.15, 0.2) is 0 Å². The lowest BCUT2D eigenvalue weighted by atomic mass is 10.2. The summed E-state index contributed by atoms with van der Waals surface area (Å²) in [5, 5.41) is 16.2. The van der Waals surface area contributed by atoms with Crippen LogP contribution in [0.15, 0.2) is 17.1 Å². The number of nitrogens with one attached hydrogen (secondary N) is 1. The molecule has 3 heterocycles. The number of rotatable bonds is 4. The van der Waals surface area contributed by atoms with Gasteiger partial charge in [0, 0.05) is 19.3 Å². The van der Waals surface area contributed by atoms with Crippen molar-refractivity contribution >= 4 is 5.69 Å². The number of anilines is 1. The molecule has 0 radical (unpaired) electrons. The number of aliphatic hydroxyl groups excluding tert-OH is 1. The number of aromatic nitrogens is 4. The van der Waals surface area contributed by atoms with Crippen LogP contribution in [0.4, 0.5) is 5.69 Å². The highest BCUT2D eigenvalue weighted by atomic mass is 16.5. The van der Waals surface area contributed by atoms with E-state index in [1.807, 2.05) is 4.90 Å². The third-order valence-electron chi connectivity index (χ3n) is 3.67. The van der Waals surface area contributed by atoms with E-state index in [-0.39, 0.29) is 11.6 Å². The van der Waals surface area contributed by atoms with Gasteiger partial charge in [-0.3, -0.25) is 4.79 Å². The van der Waals surface area contributed by atoms with Crippen molar-refractivity contribution in [2.24, 2.45) is 0 Å². The lowest BCUT2D eigenvalue weighted by molar-refractivity contribution is 0.198. The summed E-state index contributed by atoms with van der Waals surface area (Å²) in [6.07, 6.45) is 1.73. The van der Waals surface area contributed by atoms with E-state index in [0.29, 0.717) is 42.3 Å². The molecule has 1 aliphatic rings. The van der Waals surface area contributed by atoms with Gasteiger partial charge in [-0.1, -0.05) is 0 Å². The summed E-state index contributed by atoms with van der Waals surface area (Å²) in [6, 6.07) is 1.82. The Labute approximate surface area is 131 Å². The Balaban J connectivity index is 2.02. The average Bonchev–Trinajstić information content (AvgIpc) is 3.01. The van der Waals surface area contributed by atoms with Crippen LogP contribution in [-0.2, 0) is 0 Å². The summed E-state index contributed by atoms with van der Waals surface area (Å²) < 4.78 is 10.2. The minimum Gasteiger partial charge on any atom is -0.480 e. The quantitative estimate of drug-likeness (QED) is 0.797. The highest BCUT2D eigenvalue weighted by Gasteiger charge is 2.23. The SMILES string of the molecule is COc1ncc(-c2cc(N3CCC(O)C3)c(=O)[nH]n2)c(OC)n1. The van der Waals surface area contributed by atoms with Crippen molar-refractivity contribution in [2.45, 2.75) is 12.5 Å². The first-order valence-corrected chi connectivity index (χ1v) is 7.10. The molecular formula is C14H17N5O4. The summed E-state index contributed by atoms with van der Waals surface area (Å²) in [7, 11) is 2.94. The number of H-pyrrole nitrogens is 1. The first-order chi connectivity index (χ1) is 11.1. The molecule has 0 spiro atoms. The molecule has 9 nitrogen and oxygen atoms in total. The summed E-state index contributed by atoms with van der Waals surface area (Å²) in [5.74, 6) is 0.295. The number of ether oxygens (including phenoxy) is 2. The molecule has 2 aromatic rings. The van der Waals surface area contributed by atoms with Crippen LogP contribution in [0.1, 0.15) is 6.42 Å². The second-order valence-electron chi connectivity index (χ2n) is 5.14. The summed E-state index contributed by atoms with van der Waals surface area (Å²) in [5.41, 5.74) is 1.15. The lowest BCUT2D eigenvalue weighted by Crippen LogP contribution is -2.28. The van der Waals surface area contributed by atoms with Crippen molar-refractivity contribution in [1.82, 2.24) is 20.2 Å². The maximum atomic E-state index is 12.0. The second kappa shape index (κ2) is 6.21. The van der Waals surface area contributed by atoms with Gasteiger partial charge in [-0.2, -0.15) is 10.1 Å².